The molecule has 0 bridgehead atoms. The van der Waals surface area contributed by atoms with Gasteiger partial charge in [-0.1, -0.05) is 6.07 Å². The molecule has 2 N–H and O–H groups in total. The average Bonchev–Trinajstić information content (AvgIpc) is 2.64. The second-order valence-electron chi connectivity index (χ2n) is 6.92. The van der Waals surface area contributed by atoms with E-state index in [1.54, 1.807) is 37.9 Å². The Morgan fingerprint density at radius 1 is 1.46 bits per heavy atom. The first kappa shape index (κ1) is 20.5. The number of hydrogen-bond acceptors (Lipinski definition) is 4. The van der Waals surface area contributed by atoms with Gasteiger partial charge in [-0.2, -0.15) is 0 Å². The number of benzene rings is 1. The van der Waals surface area contributed by atoms with Crippen molar-refractivity contribution in [2.24, 2.45) is 5.41 Å². The average molecular weight is 368 g/mol. The van der Waals surface area contributed by atoms with Gasteiger partial charge in [-0.15, -0.1) is 0 Å². The molecule has 1 aromatic carbocycles. The molecule has 1 aliphatic rings. The SMILES string of the molecule is CCOc1ccc([C@@H](C)NC(=O)N(C)CC2(CO)CCOCC2)cc1F. The molecule has 0 aromatic heterocycles. The molecular weight excluding hydrogens is 339 g/mol. The zero-order valence-corrected chi connectivity index (χ0v) is 15.8. The Labute approximate surface area is 154 Å². The van der Waals surface area contributed by atoms with E-state index >= 15 is 0 Å². The molecule has 7 heteroatoms. The smallest absolute Gasteiger partial charge is 0.317 e. The summed E-state index contributed by atoms with van der Waals surface area (Å²) < 4.78 is 24.6. The van der Waals surface area contributed by atoms with E-state index in [1.165, 1.54) is 6.07 Å². The van der Waals surface area contributed by atoms with Gasteiger partial charge in [0, 0.05) is 32.2 Å². The van der Waals surface area contributed by atoms with Gasteiger partial charge in [0.25, 0.3) is 0 Å². The van der Waals surface area contributed by atoms with Gasteiger partial charge in [0.05, 0.1) is 19.3 Å². The second-order valence-corrected chi connectivity index (χ2v) is 6.92. The highest BCUT2D eigenvalue weighted by Crippen LogP contribution is 2.31. The molecule has 26 heavy (non-hydrogen) atoms. The molecular formula is C19H29FN2O4. The van der Waals surface area contributed by atoms with Gasteiger partial charge < -0.3 is 24.8 Å². The molecule has 0 radical (unpaired) electrons. The number of nitrogens with one attached hydrogen (secondary N) is 1. The fourth-order valence-electron chi connectivity index (χ4n) is 3.18. The normalized spacial score (nSPS) is 17.4. The van der Waals surface area contributed by atoms with E-state index in [-0.39, 0.29) is 29.8 Å². The predicted molar refractivity (Wildman–Crippen MR) is 96.7 cm³/mol. The number of halogens is 1. The Morgan fingerprint density at radius 3 is 2.73 bits per heavy atom. The third kappa shape index (κ3) is 5.08. The largest absolute Gasteiger partial charge is 0.491 e. The molecule has 0 spiro atoms. The maximum atomic E-state index is 14.0. The van der Waals surface area contributed by atoms with Crippen LogP contribution in [0.5, 0.6) is 5.75 Å². The fourth-order valence-corrected chi connectivity index (χ4v) is 3.18. The molecule has 6 nitrogen and oxygen atoms in total. The summed E-state index contributed by atoms with van der Waals surface area (Å²) in [5, 5.41) is 12.6. The van der Waals surface area contributed by atoms with Gasteiger partial charge in [0.2, 0.25) is 0 Å². The molecule has 146 valence electrons. The molecule has 1 aliphatic heterocycles. The van der Waals surface area contributed by atoms with Gasteiger partial charge in [-0.3, -0.25) is 0 Å². The second kappa shape index (κ2) is 9.19. The standard InChI is InChI=1S/C19H29FN2O4/c1-4-26-17-6-5-15(11-16(17)20)14(2)21-18(24)22(3)12-19(13-23)7-9-25-10-8-19/h5-6,11,14,23H,4,7-10,12-13H2,1-3H3,(H,21,24)/t14-/m1/s1. The minimum Gasteiger partial charge on any atom is -0.491 e. The van der Waals surface area contributed by atoms with Crippen molar-refractivity contribution in [3.63, 3.8) is 0 Å². The van der Waals surface area contributed by atoms with Crippen molar-refractivity contribution >= 4 is 6.03 Å². The molecule has 0 aliphatic carbocycles. The van der Waals surface area contributed by atoms with Crippen molar-refractivity contribution in [2.75, 3.05) is 40.0 Å². The Morgan fingerprint density at radius 2 is 2.15 bits per heavy atom. The highest BCUT2D eigenvalue weighted by atomic mass is 19.1. The lowest BCUT2D eigenvalue weighted by molar-refractivity contribution is -0.0261. The van der Waals surface area contributed by atoms with Gasteiger partial charge in [0.1, 0.15) is 0 Å². The number of rotatable bonds is 7. The Hall–Kier alpha value is -1.86. The van der Waals surface area contributed by atoms with Crippen LogP contribution >= 0.6 is 0 Å². The van der Waals surface area contributed by atoms with Crippen LogP contribution in [0.4, 0.5) is 9.18 Å². The summed E-state index contributed by atoms with van der Waals surface area (Å²) in [7, 11) is 1.70. The lowest BCUT2D eigenvalue weighted by Crippen LogP contribution is -2.47. The maximum absolute atomic E-state index is 14.0. The molecule has 0 unspecified atom stereocenters. The first-order valence-electron chi connectivity index (χ1n) is 9.03. The van der Waals surface area contributed by atoms with Crippen molar-refractivity contribution in [2.45, 2.75) is 32.7 Å². The molecule has 2 amide bonds. The number of hydrogen-bond donors (Lipinski definition) is 2. The lowest BCUT2D eigenvalue weighted by atomic mass is 9.80. The third-order valence-corrected chi connectivity index (χ3v) is 4.90. The van der Waals surface area contributed by atoms with Crippen molar-refractivity contribution < 1.29 is 23.8 Å². The first-order chi connectivity index (χ1) is 12.4. The maximum Gasteiger partial charge on any atom is 0.317 e. The lowest BCUT2D eigenvalue weighted by Gasteiger charge is -2.38. The molecule has 1 saturated heterocycles. The zero-order chi connectivity index (χ0) is 19.2. The van der Waals surface area contributed by atoms with Gasteiger partial charge in [0.15, 0.2) is 11.6 Å². The van der Waals surface area contributed by atoms with Crippen LogP contribution in [-0.2, 0) is 4.74 Å². The topological polar surface area (TPSA) is 71.0 Å². The molecule has 1 aromatic rings. The highest BCUT2D eigenvalue weighted by Gasteiger charge is 2.34. The molecule has 1 atom stereocenters. The summed E-state index contributed by atoms with van der Waals surface area (Å²) in [6, 6.07) is 4.08. The van der Waals surface area contributed by atoms with E-state index in [4.69, 9.17) is 9.47 Å². The van der Waals surface area contributed by atoms with Crippen LogP contribution in [0.1, 0.15) is 38.3 Å². The Bertz CT molecular complexity index is 605. The van der Waals surface area contributed by atoms with Gasteiger partial charge in [-0.05, 0) is 44.4 Å². The number of nitrogens with zero attached hydrogens (tertiary/aromatic N) is 1. The summed E-state index contributed by atoms with van der Waals surface area (Å²) in [5.41, 5.74) is 0.342. The number of ether oxygens (including phenoxy) is 2. The Balaban J connectivity index is 1.96. The van der Waals surface area contributed by atoms with Crippen molar-refractivity contribution in [1.82, 2.24) is 10.2 Å². The van der Waals surface area contributed by atoms with Crippen LogP contribution in [0, 0.1) is 11.2 Å². The number of aliphatic hydroxyl groups is 1. The van der Waals surface area contributed by atoms with Gasteiger partial charge >= 0.3 is 6.03 Å². The van der Waals surface area contributed by atoms with Crippen LogP contribution in [0.2, 0.25) is 0 Å². The molecule has 1 heterocycles. The highest BCUT2D eigenvalue weighted by molar-refractivity contribution is 5.74. The van der Waals surface area contributed by atoms with E-state index in [0.29, 0.717) is 31.9 Å². The van der Waals surface area contributed by atoms with Crippen LogP contribution in [-0.4, -0.2) is 56.1 Å². The summed E-state index contributed by atoms with van der Waals surface area (Å²) in [6.07, 6.45) is 1.45. The van der Waals surface area contributed by atoms with Crippen molar-refractivity contribution in [3.8, 4) is 5.75 Å². The van der Waals surface area contributed by atoms with E-state index < -0.39 is 5.82 Å². The molecule has 0 saturated carbocycles. The van der Waals surface area contributed by atoms with Crippen LogP contribution in [0.3, 0.4) is 0 Å². The van der Waals surface area contributed by atoms with Crippen LogP contribution in [0.25, 0.3) is 0 Å². The quantitative estimate of drug-likeness (QED) is 0.776. The Kier molecular flexibility index (Phi) is 7.23. The summed E-state index contributed by atoms with van der Waals surface area (Å²) in [6.45, 7) is 5.65. The third-order valence-electron chi connectivity index (χ3n) is 4.90. The minimum absolute atomic E-state index is 0.0215. The number of aliphatic hydroxyl groups excluding tert-OH is 1. The zero-order valence-electron chi connectivity index (χ0n) is 15.8. The predicted octanol–water partition coefficient (Wildman–Crippen LogP) is 2.72. The summed E-state index contributed by atoms with van der Waals surface area (Å²) in [4.78, 5) is 14.1. The van der Waals surface area contributed by atoms with E-state index in [0.717, 1.165) is 12.8 Å². The van der Waals surface area contributed by atoms with Crippen LogP contribution < -0.4 is 10.1 Å². The number of urea groups is 1. The first-order valence-corrected chi connectivity index (χ1v) is 9.03. The van der Waals surface area contributed by atoms with Gasteiger partial charge in [-0.25, -0.2) is 9.18 Å². The summed E-state index contributed by atoms with van der Waals surface area (Å²) >= 11 is 0. The van der Waals surface area contributed by atoms with E-state index in [9.17, 15) is 14.3 Å². The van der Waals surface area contributed by atoms with Crippen molar-refractivity contribution in [1.29, 1.82) is 0 Å². The van der Waals surface area contributed by atoms with E-state index in [2.05, 4.69) is 5.32 Å². The van der Waals surface area contributed by atoms with Crippen LogP contribution in [0.15, 0.2) is 18.2 Å². The number of carbonyl (C=O) groups is 1. The minimum atomic E-state index is -0.444. The molecule has 1 fully saturated rings. The number of carbonyl (C=O) groups excluding carboxylic acids is 1. The summed E-state index contributed by atoms with van der Waals surface area (Å²) in [5.74, 6) is -0.239. The fraction of sp³-hybridized carbons (Fsp3) is 0.632. The van der Waals surface area contributed by atoms with Crippen molar-refractivity contribution in [3.05, 3.63) is 29.6 Å². The monoisotopic (exact) mass is 368 g/mol. The molecule has 2 rings (SSSR count). The number of amides is 2. The van der Waals surface area contributed by atoms with E-state index in [1.807, 2.05) is 0 Å².